The summed E-state index contributed by atoms with van der Waals surface area (Å²) in [5, 5.41) is 9.85. The fourth-order valence-electron chi connectivity index (χ4n) is 8.38. The van der Waals surface area contributed by atoms with Gasteiger partial charge in [0.25, 0.3) is 11.8 Å². The zero-order valence-electron chi connectivity index (χ0n) is 30.4. The third-order valence-corrected chi connectivity index (χ3v) is 13.3. The Labute approximate surface area is 310 Å². The van der Waals surface area contributed by atoms with Gasteiger partial charge < -0.3 is 33.9 Å². The molecule has 12 heteroatoms. The molecule has 1 fully saturated rings. The predicted molar refractivity (Wildman–Crippen MR) is 202 cm³/mol. The lowest BCUT2D eigenvalue weighted by Crippen LogP contribution is -2.46. The van der Waals surface area contributed by atoms with Gasteiger partial charge in [0.2, 0.25) is 5.91 Å². The number of methoxy groups -OCH3 is 1. The summed E-state index contributed by atoms with van der Waals surface area (Å²) in [6.07, 6.45) is -0.810. The molecule has 0 radical (unpaired) electrons. The van der Waals surface area contributed by atoms with Crippen LogP contribution >= 0.6 is 0 Å². The van der Waals surface area contributed by atoms with Gasteiger partial charge in [-0.25, -0.2) is 0 Å². The van der Waals surface area contributed by atoms with Crippen LogP contribution in [-0.2, 0) is 37.8 Å². The number of benzene rings is 4. The maximum absolute atomic E-state index is 15.0. The van der Waals surface area contributed by atoms with Crippen LogP contribution in [0.5, 0.6) is 11.5 Å². The Morgan fingerprint density at radius 3 is 2.38 bits per heavy atom. The topological polar surface area (TPSA) is 129 Å². The molecule has 7 rings (SSSR count). The van der Waals surface area contributed by atoms with Crippen LogP contribution < -0.4 is 19.3 Å². The number of rotatable bonds is 11. The van der Waals surface area contributed by atoms with E-state index in [0.29, 0.717) is 40.7 Å². The third kappa shape index (κ3) is 6.61. The number of aliphatic hydroxyl groups is 1. The highest BCUT2D eigenvalue weighted by Crippen LogP contribution is 2.60. The lowest BCUT2D eigenvalue weighted by atomic mass is 9.82. The van der Waals surface area contributed by atoms with Crippen molar-refractivity contribution in [2.75, 3.05) is 36.7 Å². The second kappa shape index (κ2) is 14.4. The fourth-order valence-corrected chi connectivity index (χ4v) is 10.9. The normalized spacial score (nSPS) is 22.1. The van der Waals surface area contributed by atoms with Gasteiger partial charge in [-0.1, -0.05) is 61.5 Å². The number of amides is 3. The molecule has 1 saturated heterocycles. The molecular formula is C41H45N3O8Si. The highest BCUT2D eigenvalue weighted by atomic mass is 28.4. The molecule has 0 saturated carbocycles. The van der Waals surface area contributed by atoms with E-state index in [9.17, 15) is 24.3 Å². The van der Waals surface area contributed by atoms with Crippen molar-refractivity contribution in [2.45, 2.75) is 56.8 Å². The second-order valence-corrected chi connectivity index (χ2v) is 18.5. The molecule has 11 nitrogen and oxygen atoms in total. The van der Waals surface area contributed by atoms with Crippen LogP contribution in [0.2, 0.25) is 18.6 Å². The number of ether oxygens (including phenoxy) is 3. The van der Waals surface area contributed by atoms with Crippen molar-refractivity contribution in [3.05, 3.63) is 114 Å². The summed E-state index contributed by atoms with van der Waals surface area (Å²) in [4.78, 5) is 58.6. The highest BCUT2D eigenvalue weighted by molar-refractivity contribution is 6.71. The first-order valence-electron chi connectivity index (χ1n) is 17.9. The van der Waals surface area contributed by atoms with E-state index in [1.165, 1.54) is 0 Å². The number of fused-ring (bicyclic) bond motifs is 3. The average Bonchev–Trinajstić information content (AvgIpc) is 3.57. The minimum atomic E-state index is -3.05. The Hall–Kier alpha value is -5.01. The Bertz CT molecular complexity index is 2000. The molecule has 276 valence electrons. The summed E-state index contributed by atoms with van der Waals surface area (Å²) < 4.78 is 18.2. The van der Waals surface area contributed by atoms with Crippen molar-refractivity contribution in [3.8, 4) is 11.5 Å². The van der Waals surface area contributed by atoms with Crippen LogP contribution in [0.25, 0.3) is 0 Å². The van der Waals surface area contributed by atoms with Crippen LogP contribution in [0.1, 0.15) is 30.0 Å². The van der Waals surface area contributed by atoms with Crippen LogP contribution in [0.4, 0.5) is 17.1 Å². The van der Waals surface area contributed by atoms with Crippen LogP contribution in [0, 0.1) is 5.92 Å². The molecule has 0 aliphatic carbocycles. The largest absolute Gasteiger partial charge is 0.497 e. The molecule has 3 amide bonds. The Morgan fingerprint density at radius 2 is 1.68 bits per heavy atom. The van der Waals surface area contributed by atoms with Gasteiger partial charge in [-0.15, -0.1) is 0 Å². The average molecular weight is 736 g/mol. The lowest BCUT2D eigenvalue weighted by Gasteiger charge is -2.32. The molecule has 3 aliphatic rings. The van der Waals surface area contributed by atoms with Gasteiger partial charge in [-0.05, 0) is 66.7 Å². The van der Waals surface area contributed by atoms with Crippen molar-refractivity contribution in [2.24, 2.45) is 5.92 Å². The quantitative estimate of drug-likeness (QED) is 0.193. The number of anilines is 3. The van der Waals surface area contributed by atoms with Crippen molar-refractivity contribution in [3.63, 3.8) is 0 Å². The molecule has 4 aromatic carbocycles. The second-order valence-electron chi connectivity index (χ2n) is 14.5. The number of para-hydroxylation sites is 2. The minimum absolute atomic E-state index is 0.0575. The maximum atomic E-state index is 15.0. The van der Waals surface area contributed by atoms with Crippen LogP contribution in [0.3, 0.4) is 0 Å². The van der Waals surface area contributed by atoms with Gasteiger partial charge in [0.15, 0.2) is 20.5 Å². The third-order valence-electron chi connectivity index (χ3n) is 10.7. The van der Waals surface area contributed by atoms with E-state index in [4.69, 9.17) is 14.2 Å². The van der Waals surface area contributed by atoms with Gasteiger partial charge in [0, 0.05) is 35.8 Å². The first-order chi connectivity index (χ1) is 25.5. The molecule has 0 bridgehead atoms. The number of nitrogens with zero attached hydrogens (tertiary/aromatic N) is 3. The van der Waals surface area contributed by atoms with Crippen molar-refractivity contribution < 1.29 is 38.5 Å². The summed E-state index contributed by atoms with van der Waals surface area (Å²) in [7, 11) is -1.48. The van der Waals surface area contributed by atoms with Gasteiger partial charge in [0.1, 0.15) is 11.5 Å². The standard InChI is InChI=1S/C41H45N3O8Si/c1-27-39(53(3,4)49)36(23-37(46)42(20-21-45)24-28-10-6-5-7-11-28)52-41(27)32-22-31(50-2)18-19-33(32)43(40(41)48)25-29-14-16-30(17-15-29)44-34-12-8-9-13-35(34)51-26-38(44)47/h5-19,22,27,36,39,45,49H,20-21,23-26H2,1-4H3/t27-,36+,39-,41+/m1/s1. The molecule has 0 unspecified atom stereocenters. The molecule has 3 heterocycles. The van der Waals surface area contributed by atoms with Gasteiger partial charge >= 0.3 is 0 Å². The van der Waals surface area contributed by atoms with Gasteiger partial charge in [-0.3, -0.25) is 19.3 Å². The van der Waals surface area contributed by atoms with Crippen LogP contribution in [0.15, 0.2) is 97.1 Å². The van der Waals surface area contributed by atoms with E-state index >= 15 is 0 Å². The Balaban J connectivity index is 1.20. The first-order valence-corrected chi connectivity index (χ1v) is 21.0. The van der Waals surface area contributed by atoms with Crippen molar-refractivity contribution >= 4 is 43.1 Å². The molecule has 4 aromatic rings. The van der Waals surface area contributed by atoms with E-state index in [1.807, 2.05) is 117 Å². The summed E-state index contributed by atoms with van der Waals surface area (Å²) >= 11 is 0. The summed E-state index contributed by atoms with van der Waals surface area (Å²) in [6.45, 7) is 6.00. The number of carbonyl (C=O) groups excluding carboxylic acids is 3. The molecule has 0 aromatic heterocycles. The van der Waals surface area contributed by atoms with Crippen LogP contribution in [-0.4, -0.2) is 73.8 Å². The molecule has 1 spiro atoms. The molecule has 4 atom stereocenters. The Kier molecular flexibility index (Phi) is 9.90. The minimum Gasteiger partial charge on any atom is -0.497 e. The monoisotopic (exact) mass is 735 g/mol. The van der Waals surface area contributed by atoms with E-state index in [2.05, 4.69) is 0 Å². The van der Waals surface area contributed by atoms with Gasteiger partial charge in [0.05, 0.1) is 44.2 Å². The number of hydrogen-bond donors (Lipinski definition) is 2. The zero-order valence-corrected chi connectivity index (χ0v) is 31.4. The zero-order chi connectivity index (χ0) is 37.5. The molecule has 53 heavy (non-hydrogen) atoms. The van der Waals surface area contributed by atoms with E-state index in [0.717, 1.165) is 11.1 Å². The number of aliphatic hydroxyl groups excluding tert-OH is 1. The highest BCUT2D eigenvalue weighted by Gasteiger charge is 2.66. The lowest BCUT2D eigenvalue weighted by molar-refractivity contribution is -0.150. The SMILES string of the molecule is COc1ccc2c(c1)[C@]1(O[C@@H](CC(=O)N(CCO)Cc3ccccc3)[C@H]([Si](C)(C)O)[C@H]1C)C(=O)N2Cc1ccc(N2C(=O)COc3ccccc32)cc1. The molecule has 2 N–H and O–H groups in total. The summed E-state index contributed by atoms with van der Waals surface area (Å²) in [5.41, 5.74) is 2.48. The number of carbonyl (C=O) groups is 3. The summed E-state index contributed by atoms with van der Waals surface area (Å²) in [5.74, 6) is 0.0271. The van der Waals surface area contributed by atoms with E-state index < -0.39 is 31.5 Å². The molecule has 3 aliphatic heterocycles. The van der Waals surface area contributed by atoms with E-state index in [1.54, 1.807) is 21.8 Å². The Morgan fingerprint density at radius 1 is 0.962 bits per heavy atom. The predicted octanol–water partition coefficient (Wildman–Crippen LogP) is 5.51. The van der Waals surface area contributed by atoms with Crippen molar-refractivity contribution in [1.82, 2.24) is 4.90 Å². The maximum Gasteiger partial charge on any atom is 0.269 e. The van der Waals surface area contributed by atoms with Crippen molar-refractivity contribution in [1.29, 1.82) is 0 Å². The fraction of sp³-hybridized carbons (Fsp3) is 0.341. The summed E-state index contributed by atoms with van der Waals surface area (Å²) in [6, 6.07) is 30.0. The first kappa shape index (κ1) is 36.3. The van der Waals surface area contributed by atoms with E-state index in [-0.39, 0.29) is 50.4 Å². The number of hydrogen-bond acceptors (Lipinski definition) is 8. The molecular weight excluding hydrogens is 691 g/mol. The van der Waals surface area contributed by atoms with Gasteiger partial charge in [-0.2, -0.15) is 0 Å². The smallest absolute Gasteiger partial charge is 0.269 e.